The molecule has 1 aliphatic carbocycles. The van der Waals surface area contributed by atoms with Crippen LogP contribution in [0.1, 0.15) is 48.2 Å². The van der Waals surface area contributed by atoms with Gasteiger partial charge in [0.2, 0.25) is 5.88 Å². The molecule has 172 valence electrons. The van der Waals surface area contributed by atoms with E-state index >= 15 is 0 Å². The van der Waals surface area contributed by atoms with Crippen LogP contribution in [0.2, 0.25) is 0 Å². The number of rotatable bonds is 7. The number of anilines is 1. The van der Waals surface area contributed by atoms with Crippen LogP contribution < -0.4 is 14.8 Å². The summed E-state index contributed by atoms with van der Waals surface area (Å²) in [5.41, 5.74) is 3.08. The Morgan fingerprint density at radius 1 is 1.00 bits per heavy atom. The van der Waals surface area contributed by atoms with Gasteiger partial charge in [-0.05, 0) is 99.2 Å². The lowest BCUT2D eigenvalue weighted by Gasteiger charge is -2.17. The molecule has 1 heterocycles. The number of carbonyl (C=O) groups excluding carboxylic acids is 1. The number of benzene rings is 2. The van der Waals surface area contributed by atoms with Crippen molar-refractivity contribution >= 4 is 21.6 Å². The summed E-state index contributed by atoms with van der Waals surface area (Å²) in [4.78, 5) is 16.8. The third-order valence-corrected chi connectivity index (χ3v) is 6.77. The molecule has 3 aromatic rings. The minimum absolute atomic E-state index is 0.0204. The van der Waals surface area contributed by atoms with Crippen molar-refractivity contribution < 1.29 is 17.9 Å². The Morgan fingerprint density at radius 2 is 1.73 bits per heavy atom. The predicted molar refractivity (Wildman–Crippen MR) is 127 cm³/mol. The monoisotopic (exact) mass is 465 g/mol. The van der Waals surface area contributed by atoms with E-state index in [9.17, 15) is 13.2 Å². The van der Waals surface area contributed by atoms with Crippen molar-refractivity contribution in [3.8, 4) is 11.6 Å². The number of aryl methyl sites for hydroxylation is 2. The largest absolute Gasteiger partial charge is 0.438 e. The van der Waals surface area contributed by atoms with E-state index in [0.29, 0.717) is 17.0 Å². The second kappa shape index (κ2) is 9.62. The fraction of sp³-hybridized carbons (Fsp3) is 0.280. The van der Waals surface area contributed by atoms with E-state index in [-0.39, 0.29) is 22.7 Å². The number of nitrogens with one attached hydrogen (secondary N) is 2. The number of amides is 1. The molecule has 0 unspecified atom stereocenters. The van der Waals surface area contributed by atoms with Gasteiger partial charge in [0.15, 0.2) is 0 Å². The number of hydrogen-bond donors (Lipinski definition) is 2. The van der Waals surface area contributed by atoms with E-state index in [4.69, 9.17) is 4.74 Å². The van der Waals surface area contributed by atoms with Crippen molar-refractivity contribution in [3.05, 3.63) is 77.5 Å². The third-order valence-electron chi connectivity index (χ3n) is 5.39. The van der Waals surface area contributed by atoms with Crippen molar-refractivity contribution in [2.45, 2.75) is 50.5 Å². The topological polar surface area (TPSA) is 97.4 Å². The van der Waals surface area contributed by atoms with Gasteiger partial charge in [0.05, 0.1) is 4.90 Å². The first-order valence-corrected chi connectivity index (χ1v) is 12.5. The Kier molecular flexibility index (Phi) is 6.65. The Hall–Kier alpha value is -3.39. The number of sulfonamides is 1. The van der Waals surface area contributed by atoms with Crippen LogP contribution in [0.15, 0.2) is 65.7 Å². The van der Waals surface area contributed by atoms with Crippen LogP contribution in [-0.2, 0) is 22.9 Å². The highest BCUT2D eigenvalue weighted by Crippen LogP contribution is 2.27. The highest BCUT2D eigenvalue weighted by Gasteiger charge is 2.19. The molecule has 0 saturated carbocycles. The Morgan fingerprint density at radius 3 is 2.45 bits per heavy atom. The maximum Gasteiger partial charge on any atom is 0.261 e. The van der Waals surface area contributed by atoms with E-state index < -0.39 is 10.0 Å². The van der Waals surface area contributed by atoms with E-state index in [1.165, 1.54) is 5.56 Å². The number of carbonyl (C=O) groups is 1. The zero-order chi connectivity index (χ0) is 23.4. The molecule has 33 heavy (non-hydrogen) atoms. The Balaban J connectivity index is 1.48. The van der Waals surface area contributed by atoms with E-state index in [0.717, 1.165) is 31.2 Å². The molecule has 1 aromatic heterocycles. The van der Waals surface area contributed by atoms with Crippen LogP contribution in [0, 0.1) is 0 Å². The van der Waals surface area contributed by atoms with Crippen LogP contribution >= 0.6 is 0 Å². The molecule has 0 aliphatic heterocycles. The molecule has 0 bridgehead atoms. The van der Waals surface area contributed by atoms with Gasteiger partial charge in [-0.1, -0.05) is 6.07 Å². The summed E-state index contributed by atoms with van der Waals surface area (Å²) in [5, 5.41) is 2.82. The number of pyridine rings is 1. The smallest absolute Gasteiger partial charge is 0.261 e. The quantitative estimate of drug-likeness (QED) is 0.528. The molecule has 7 nitrogen and oxygen atoms in total. The average Bonchev–Trinajstić information content (AvgIpc) is 2.80. The van der Waals surface area contributed by atoms with Gasteiger partial charge >= 0.3 is 0 Å². The maximum atomic E-state index is 12.9. The third kappa shape index (κ3) is 5.51. The van der Waals surface area contributed by atoms with Gasteiger partial charge in [-0.2, -0.15) is 0 Å². The predicted octanol–water partition coefficient (Wildman–Crippen LogP) is 4.69. The lowest BCUT2D eigenvalue weighted by atomic mass is 9.92. The summed E-state index contributed by atoms with van der Waals surface area (Å²) in [6.45, 7) is 3.75. The van der Waals surface area contributed by atoms with Gasteiger partial charge in [0, 0.05) is 17.9 Å². The van der Waals surface area contributed by atoms with Gasteiger partial charge in [-0.15, -0.1) is 0 Å². The first-order valence-electron chi connectivity index (χ1n) is 11.0. The van der Waals surface area contributed by atoms with E-state index in [1.54, 1.807) is 54.7 Å². The first kappa shape index (κ1) is 22.8. The van der Waals surface area contributed by atoms with Crippen molar-refractivity contribution in [2.24, 2.45) is 0 Å². The maximum absolute atomic E-state index is 12.9. The fourth-order valence-corrected chi connectivity index (χ4v) is 4.89. The molecule has 2 N–H and O–H groups in total. The summed E-state index contributed by atoms with van der Waals surface area (Å²) in [5.74, 6) is 0.338. The lowest BCUT2D eigenvalue weighted by molar-refractivity contribution is 0.0940. The van der Waals surface area contributed by atoms with Crippen molar-refractivity contribution in [1.82, 2.24) is 10.3 Å². The molecule has 1 aliphatic rings. The lowest BCUT2D eigenvalue weighted by Crippen LogP contribution is -2.30. The summed E-state index contributed by atoms with van der Waals surface area (Å²) in [6.07, 6.45) is 5.69. The summed E-state index contributed by atoms with van der Waals surface area (Å²) in [7, 11) is -3.70. The summed E-state index contributed by atoms with van der Waals surface area (Å²) < 4.78 is 34.2. The van der Waals surface area contributed by atoms with Crippen molar-refractivity contribution in [2.75, 3.05) is 4.72 Å². The second-order valence-electron chi connectivity index (χ2n) is 8.35. The fourth-order valence-electron chi connectivity index (χ4n) is 3.78. The average molecular weight is 466 g/mol. The van der Waals surface area contributed by atoms with Gasteiger partial charge in [0.1, 0.15) is 11.3 Å². The molecule has 0 atom stereocenters. The molecular formula is C25H27N3O4S. The molecule has 0 fully saturated rings. The van der Waals surface area contributed by atoms with Gasteiger partial charge in [-0.3, -0.25) is 9.52 Å². The van der Waals surface area contributed by atoms with Gasteiger partial charge in [0.25, 0.3) is 15.9 Å². The Bertz CT molecular complexity index is 1250. The van der Waals surface area contributed by atoms with Crippen LogP contribution in [0.3, 0.4) is 0 Å². The zero-order valence-electron chi connectivity index (χ0n) is 18.7. The van der Waals surface area contributed by atoms with Crippen LogP contribution in [0.25, 0.3) is 0 Å². The van der Waals surface area contributed by atoms with E-state index in [2.05, 4.69) is 15.0 Å². The summed E-state index contributed by atoms with van der Waals surface area (Å²) >= 11 is 0. The molecular weight excluding hydrogens is 438 g/mol. The Labute approximate surface area is 194 Å². The number of ether oxygens (including phenoxy) is 1. The molecule has 0 spiro atoms. The minimum Gasteiger partial charge on any atom is -0.438 e. The zero-order valence-corrected chi connectivity index (χ0v) is 19.5. The van der Waals surface area contributed by atoms with Crippen LogP contribution in [-0.4, -0.2) is 25.4 Å². The number of hydrogen-bond acceptors (Lipinski definition) is 5. The van der Waals surface area contributed by atoms with Crippen molar-refractivity contribution in [3.63, 3.8) is 0 Å². The van der Waals surface area contributed by atoms with Crippen LogP contribution in [0.5, 0.6) is 11.6 Å². The second-order valence-corrected chi connectivity index (χ2v) is 10.0. The number of fused-ring (bicyclic) bond motifs is 1. The minimum atomic E-state index is -3.70. The van der Waals surface area contributed by atoms with Gasteiger partial charge in [-0.25, -0.2) is 13.4 Å². The summed E-state index contributed by atoms with van der Waals surface area (Å²) in [6, 6.07) is 15.1. The normalized spacial score (nSPS) is 13.3. The highest BCUT2D eigenvalue weighted by molar-refractivity contribution is 7.92. The number of aromatic nitrogens is 1. The van der Waals surface area contributed by atoms with E-state index in [1.807, 2.05) is 19.9 Å². The molecule has 2 aromatic carbocycles. The molecule has 1 amide bonds. The number of nitrogens with zero attached hydrogens (tertiary/aromatic N) is 1. The SMILES string of the molecule is CC(C)NC(=O)c1cccnc1Oc1ccc(NS(=O)(=O)c2ccc3c(c2)CCCC3)cc1. The van der Waals surface area contributed by atoms with Gasteiger partial charge < -0.3 is 10.1 Å². The van der Waals surface area contributed by atoms with Crippen LogP contribution in [0.4, 0.5) is 5.69 Å². The van der Waals surface area contributed by atoms with Crippen molar-refractivity contribution in [1.29, 1.82) is 0 Å². The molecule has 4 rings (SSSR count). The standard InChI is InChI=1S/C25H27N3O4S/c1-17(2)27-24(29)23-8-5-15-26-25(23)32-21-12-10-20(11-13-21)28-33(30,31)22-14-9-18-6-3-4-7-19(18)16-22/h5,8-17,28H,3-4,6-7H2,1-2H3,(H,27,29). The first-order chi connectivity index (χ1) is 15.8. The molecule has 0 radical (unpaired) electrons. The highest BCUT2D eigenvalue weighted by atomic mass is 32.2. The molecule has 0 saturated heterocycles. The molecule has 8 heteroatoms.